The molecule has 0 bridgehead atoms. The summed E-state index contributed by atoms with van der Waals surface area (Å²) in [6, 6.07) is 6.96. The first-order valence-corrected chi connectivity index (χ1v) is 10.4. The van der Waals surface area contributed by atoms with E-state index in [-0.39, 0.29) is 23.9 Å². The lowest BCUT2D eigenvalue weighted by Gasteiger charge is -2.31. The van der Waals surface area contributed by atoms with Crippen LogP contribution in [0.25, 0.3) is 0 Å². The highest BCUT2D eigenvalue weighted by molar-refractivity contribution is 7.58. The summed E-state index contributed by atoms with van der Waals surface area (Å²) in [5, 5.41) is 12.4. The summed E-state index contributed by atoms with van der Waals surface area (Å²) in [4.78, 5) is 21.0. The number of unbranched alkanes of at least 4 members (excludes halogenated alkanes) is 1. The SMILES string of the molecule is CCCCP(=O)(O)C[C@@H]1CN[C@H](Cc2cccc(C(=O)O)c2)CO1. The molecule has 1 unspecified atom stereocenters. The highest BCUT2D eigenvalue weighted by Gasteiger charge is 2.28. The van der Waals surface area contributed by atoms with Crippen LogP contribution in [0.15, 0.2) is 24.3 Å². The second-order valence-electron chi connectivity index (χ2n) is 6.38. The third kappa shape index (κ3) is 6.02. The van der Waals surface area contributed by atoms with Crippen LogP contribution in [-0.2, 0) is 15.7 Å². The molecule has 1 aliphatic heterocycles. The normalized spacial score (nSPS) is 23.6. The topological polar surface area (TPSA) is 95.9 Å². The Kier molecular flexibility index (Phi) is 6.99. The number of carboxylic acids is 1. The number of carbonyl (C=O) groups is 1. The molecular weight excluding hydrogens is 329 g/mol. The van der Waals surface area contributed by atoms with Gasteiger partial charge in [0.25, 0.3) is 0 Å². The summed E-state index contributed by atoms with van der Waals surface area (Å²) in [6.07, 6.45) is 2.65. The maximum Gasteiger partial charge on any atom is 0.335 e. The van der Waals surface area contributed by atoms with E-state index in [4.69, 9.17) is 9.84 Å². The number of rotatable bonds is 8. The molecule has 1 heterocycles. The number of carboxylic acid groups (broad SMARTS) is 1. The fourth-order valence-corrected chi connectivity index (χ4v) is 4.71. The largest absolute Gasteiger partial charge is 0.478 e. The summed E-state index contributed by atoms with van der Waals surface area (Å²) < 4.78 is 17.9. The second kappa shape index (κ2) is 8.77. The summed E-state index contributed by atoms with van der Waals surface area (Å²) in [5.74, 6) is -0.935. The predicted molar refractivity (Wildman–Crippen MR) is 93.1 cm³/mol. The zero-order valence-electron chi connectivity index (χ0n) is 14.0. The van der Waals surface area contributed by atoms with E-state index in [0.717, 1.165) is 18.4 Å². The Balaban J connectivity index is 1.81. The molecule has 24 heavy (non-hydrogen) atoms. The highest BCUT2D eigenvalue weighted by atomic mass is 31.2. The van der Waals surface area contributed by atoms with Crippen LogP contribution >= 0.6 is 7.37 Å². The monoisotopic (exact) mass is 355 g/mol. The van der Waals surface area contributed by atoms with Gasteiger partial charge in [0.15, 0.2) is 0 Å². The van der Waals surface area contributed by atoms with Crippen LogP contribution in [0.4, 0.5) is 0 Å². The first kappa shape index (κ1) is 19.1. The fourth-order valence-electron chi connectivity index (χ4n) is 2.85. The molecule has 1 fully saturated rings. The summed E-state index contributed by atoms with van der Waals surface area (Å²) >= 11 is 0. The van der Waals surface area contributed by atoms with Gasteiger partial charge in [0, 0.05) is 18.7 Å². The van der Waals surface area contributed by atoms with E-state index >= 15 is 0 Å². The van der Waals surface area contributed by atoms with Gasteiger partial charge in [-0.3, -0.25) is 4.57 Å². The number of morpholine rings is 1. The number of hydrogen-bond acceptors (Lipinski definition) is 4. The molecule has 0 spiro atoms. The molecule has 3 N–H and O–H groups in total. The van der Waals surface area contributed by atoms with E-state index in [1.165, 1.54) is 0 Å². The minimum absolute atomic E-state index is 0.0824. The van der Waals surface area contributed by atoms with Gasteiger partial charge in [-0.1, -0.05) is 25.5 Å². The van der Waals surface area contributed by atoms with Gasteiger partial charge in [0.2, 0.25) is 7.37 Å². The van der Waals surface area contributed by atoms with Gasteiger partial charge in [-0.05, 0) is 30.5 Å². The maximum atomic E-state index is 12.1. The fraction of sp³-hybridized carbons (Fsp3) is 0.588. The number of hydrogen-bond donors (Lipinski definition) is 3. The first-order chi connectivity index (χ1) is 11.4. The van der Waals surface area contributed by atoms with E-state index in [1.807, 2.05) is 13.0 Å². The van der Waals surface area contributed by atoms with Crippen molar-refractivity contribution >= 4 is 13.3 Å². The zero-order chi connectivity index (χ0) is 17.6. The third-order valence-corrected chi connectivity index (χ3v) is 6.17. The maximum absolute atomic E-state index is 12.1. The molecule has 2 rings (SSSR count). The molecule has 0 aromatic heterocycles. The Morgan fingerprint density at radius 2 is 2.25 bits per heavy atom. The van der Waals surface area contributed by atoms with E-state index in [9.17, 15) is 14.3 Å². The molecule has 6 nitrogen and oxygen atoms in total. The summed E-state index contributed by atoms with van der Waals surface area (Å²) in [5.41, 5.74) is 1.21. The van der Waals surface area contributed by atoms with E-state index < -0.39 is 13.3 Å². The molecule has 0 amide bonds. The first-order valence-electron chi connectivity index (χ1n) is 8.37. The van der Waals surface area contributed by atoms with E-state index in [2.05, 4.69) is 5.32 Å². The van der Waals surface area contributed by atoms with Crippen molar-refractivity contribution in [2.45, 2.75) is 38.3 Å². The van der Waals surface area contributed by atoms with Gasteiger partial charge in [-0.25, -0.2) is 4.79 Å². The summed E-state index contributed by atoms with van der Waals surface area (Å²) in [7, 11) is -3.11. The molecule has 7 heteroatoms. The Morgan fingerprint density at radius 1 is 1.46 bits per heavy atom. The van der Waals surface area contributed by atoms with Crippen molar-refractivity contribution in [2.75, 3.05) is 25.5 Å². The van der Waals surface area contributed by atoms with Crippen LogP contribution < -0.4 is 5.32 Å². The lowest BCUT2D eigenvalue weighted by atomic mass is 10.0. The molecule has 1 aliphatic rings. The lowest BCUT2D eigenvalue weighted by molar-refractivity contribution is 0.0163. The molecule has 1 aromatic rings. The van der Waals surface area contributed by atoms with E-state index in [0.29, 0.717) is 25.7 Å². The summed E-state index contributed by atoms with van der Waals surface area (Å²) in [6.45, 7) is 3.00. The van der Waals surface area contributed by atoms with Gasteiger partial charge in [-0.15, -0.1) is 0 Å². The van der Waals surface area contributed by atoms with Crippen LogP contribution in [0.5, 0.6) is 0 Å². The number of nitrogens with one attached hydrogen (secondary N) is 1. The Hall–Kier alpha value is -1.20. The van der Waals surface area contributed by atoms with Gasteiger partial charge >= 0.3 is 5.97 Å². The Labute approximate surface area is 142 Å². The standard InChI is InChI=1S/C17H26NO5P/c1-2-3-7-24(21,22)12-16-10-18-15(11-23-16)9-13-5-4-6-14(8-13)17(19)20/h4-6,8,15-16,18H,2-3,7,9-12H2,1H3,(H,19,20)(H,21,22)/t15-,16+/m1/s1. The van der Waals surface area contributed by atoms with Crippen molar-refractivity contribution in [3.63, 3.8) is 0 Å². The van der Waals surface area contributed by atoms with Gasteiger partial charge in [0.05, 0.1) is 24.4 Å². The average Bonchev–Trinajstić information content (AvgIpc) is 2.55. The molecule has 0 radical (unpaired) electrons. The molecule has 0 saturated carbocycles. The number of aromatic carboxylic acids is 1. The van der Waals surface area contributed by atoms with Crippen molar-refractivity contribution < 1.29 is 24.1 Å². The van der Waals surface area contributed by atoms with Crippen molar-refractivity contribution in [3.05, 3.63) is 35.4 Å². The van der Waals surface area contributed by atoms with Crippen LogP contribution in [0, 0.1) is 0 Å². The van der Waals surface area contributed by atoms with Gasteiger partial charge in [-0.2, -0.15) is 0 Å². The van der Waals surface area contributed by atoms with Crippen molar-refractivity contribution in [3.8, 4) is 0 Å². The smallest absolute Gasteiger partial charge is 0.335 e. The van der Waals surface area contributed by atoms with Crippen molar-refractivity contribution in [2.24, 2.45) is 0 Å². The minimum Gasteiger partial charge on any atom is -0.478 e. The molecule has 0 aliphatic carbocycles. The average molecular weight is 355 g/mol. The van der Waals surface area contributed by atoms with Gasteiger partial charge in [0.1, 0.15) is 0 Å². The quantitative estimate of drug-likeness (QED) is 0.620. The van der Waals surface area contributed by atoms with Gasteiger partial charge < -0.3 is 20.1 Å². The zero-order valence-corrected chi connectivity index (χ0v) is 14.9. The molecule has 134 valence electrons. The molecule has 1 aromatic carbocycles. The van der Waals surface area contributed by atoms with Crippen LogP contribution in [0.1, 0.15) is 35.7 Å². The Bertz CT molecular complexity index is 598. The second-order valence-corrected chi connectivity index (χ2v) is 8.88. The number of ether oxygens (including phenoxy) is 1. The van der Waals surface area contributed by atoms with E-state index in [1.54, 1.807) is 18.2 Å². The highest BCUT2D eigenvalue weighted by Crippen LogP contribution is 2.42. The predicted octanol–water partition coefficient (Wildman–Crippen LogP) is 2.35. The molecule has 1 saturated heterocycles. The van der Waals surface area contributed by atoms with Crippen LogP contribution in [-0.4, -0.2) is 53.6 Å². The third-order valence-electron chi connectivity index (χ3n) is 4.17. The molecule has 3 atom stereocenters. The van der Waals surface area contributed by atoms with Crippen LogP contribution in [0.3, 0.4) is 0 Å². The van der Waals surface area contributed by atoms with Crippen molar-refractivity contribution in [1.29, 1.82) is 0 Å². The Morgan fingerprint density at radius 3 is 2.88 bits per heavy atom. The van der Waals surface area contributed by atoms with Crippen LogP contribution in [0.2, 0.25) is 0 Å². The lowest BCUT2D eigenvalue weighted by Crippen LogP contribution is -2.48. The molecular formula is C17H26NO5P. The minimum atomic E-state index is -3.11. The number of benzene rings is 1. The van der Waals surface area contributed by atoms with Crippen molar-refractivity contribution in [1.82, 2.24) is 5.32 Å².